The van der Waals surface area contributed by atoms with E-state index < -0.39 is 5.97 Å². The summed E-state index contributed by atoms with van der Waals surface area (Å²) in [6.45, 7) is 3.64. The number of nitrogen functional groups attached to an aromatic ring is 1. The van der Waals surface area contributed by atoms with Crippen molar-refractivity contribution in [2.45, 2.75) is 13.8 Å². The van der Waals surface area contributed by atoms with Gasteiger partial charge in [0.05, 0.1) is 5.56 Å². The average molecular weight is 232 g/mol. The molecule has 1 aromatic carbocycles. The zero-order valence-corrected chi connectivity index (χ0v) is 9.52. The van der Waals surface area contributed by atoms with E-state index in [1.54, 1.807) is 25.1 Å². The first kappa shape index (κ1) is 11.2. The summed E-state index contributed by atoms with van der Waals surface area (Å²) in [6, 6.07) is 4.95. The SMILES string of the molecule is Cc1cc(C)c(-c2cc(N)no2)cc1C(=O)O. The van der Waals surface area contributed by atoms with Gasteiger partial charge in [-0.25, -0.2) is 4.79 Å². The Labute approximate surface area is 97.8 Å². The van der Waals surface area contributed by atoms with Crippen LogP contribution in [0.5, 0.6) is 0 Å². The summed E-state index contributed by atoms with van der Waals surface area (Å²) in [7, 11) is 0. The first-order valence-electron chi connectivity index (χ1n) is 5.06. The average Bonchev–Trinajstić information content (AvgIpc) is 2.64. The standard InChI is InChI=1S/C12H12N2O3/c1-6-3-7(2)9(12(15)16)4-8(6)10-5-11(13)14-17-10/h3-5H,1-2H3,(H2,13,14)(H,15,16). The van der Waals surface area contributed by atoms with Gasteiger partial charge in [-0.1, -0.05) is 11.2 Å². The largest absolute Gasteiger partial charge is 0.478 e. The topological polar surface area (TPSA) is 89.4 Å². The van der Waals surface area contributed by atoms with E-state index in [0.29, 0.717) is 16.9 Å². The predicted molar refractivity (Wildman–Crippen MR) is 62.8 cm³/mol. The van der Waals surface area contributed by atoms with Crippen LogP contribution in [0.3, 0.4) is 0 Å². The number of carboxylic acids is 1. The summed E-state index contributed by atoms with van der Waals surface area (Å²) >= 11 is 0. The van der Waals surface area contributed by atoms with Crippen molar-refractivity contribution in [2.75, 3.05) is 5.73 Å². The van der Waals surface area contributed by atoms with Gasteiger partial charge in [-0.2, -0.15) is 0 Å². The molecule has 3 N–H and O–H groups in total. The fourth-order valence-electron chi connectivity index (χ4n) is 1.76. The Balaban J connectivity index is 2.62. The maximum atomic E-state index is 11.1. The lowest BCUT2D eigenvalue weighted by molar-refractivity contribution is 0.0696. The Morgan fingerprint density at radius 2 is 2.00 bits per heavy atom. The number of benzene rings is 1. The lowest BCUT2D eigenvalue weighted by Crippen LogP contribution is -2.01. The van der Waals surface area contributed by atoms with Crippen LogP contribution in [0.1, 0.15) is 21.5 Å². The summed E-state index contributed by atoms with van der Waals surface area (Å²) < 4.78 is 5.04. The van der Waals surface area contributed by atoms with Gasteiger partial charge in [0.25, 0.3) is 0 Å². The highest BCUT2D eigenvalue weighted by atomic mass is 16.5. The molecule has 0 aliphatic rings. The van der Waals surface area contributed by atoms with E-state index in [1.807, 2.05) is 6.92 Å². The van der Waals surface area contributed by atoms with E-state index in [-0.39, 0.29) is 11.4 Å². The number of aromatic carboxylic acids is 1. The van der Waals surface area contributed by atoms with Crippen LogP contribution in [0.15, 0.2) is 22.7 Å². The zero-order chi connectivity index (χ0) is 12.6. The molecule has 0 aliphatic heterocycles. The molecule has 1 heterocycles. The van der Waals surface area contributed by atoms with E-state index >= 15 is 0 Å². The molecular weight excluding hydrogens is 220 g/mol. The van der Waals surface area contributed by atoms with E-state index in [9.17, 15) is 4.79 Å². The van der Waals surface area contributed by atoms with Crippen molar-refractivity contribution >= 4 is 11.8 Å². The minimum absolute atomic E-state index is 0.251. The molecule has 0 fully saturated rings. The van der Waals surface area contributed by atoms with Gasteiger partial charge in [0.1, 0.15) is 0 Å². The van der Waals surface area contributed by atoms with Crippen LogP contribution < -0.4 is 5.73 Å². The van der Waals surface area contributed by atoms with Gasteiger partial charge in [0.15, 0.2) is 11.6 Å². The van der Waals surface area contributed by atoms with E-state index in [1.165, 1.54) is 0 Å². The molecule has 0 aliphatic carbocycles. The van der Waals surface area contributed by atoms with Crippen LogP contribution in [0.25, 0.3) is 11.3 Å². The molecule has 5 heteroatoms. The number of aromatic nitrogens is 1. The van der Waals surface area contributed by atoms with Crippen molar-refractivity contribution in [1.82, 2.24) is 5.16 Å². The van der Waals surface area contributed by atoms with Gasteiger partial charge in [0, 0.05) is 11.6 Å². The fraction of sp³-hybridized carbons (Fsp3) is 0.167. The number of aryl methyl sites for hydroxylation is 2. The molecule has 0 spiro atoms. The highest BCUT2D eigenvalue weighted by molar-refractivity contribution is 5.91. The second kappa shape index (κ2) is 3.93. The number of carboxylic acid groups (broad SMARTS) is 1. The maximum Gasteiger partial charge on any atom is 0.335 e. The third-order valence-corrected chi connectivity index (χ3v) is 2.60. The van der Waals surface area contributed by atoms with Crippen molar-refractivity contribution in [3.63, 3.8) is 0 Å². The molecular formula is C12H12N2O3. The summed E-state index contributed by atoms with van der Waals surface area (Å²) in [4.78, 5) is 11.1. The number of hydrogen-bond donors (Lipinski definition) is 2. The lowest BCUT2D eigenvalue weighted by atomic mass is 9.98. The van der Waals surface area contributed by atoms with Gasteiger partial charge >= 0.3 is 5.97 Å². The highest BCUT2D eigenvalue weighted by Crippen LogP contribution is 2.27. The quantitative estimate of drug-likeness (QED) is 0.828. The molecule has 0 bridgehead atoms. The number of nitrogens with zero attached hydrogens (tertiary/aromatic N) is 1. The molecule has 0 saturated heterocycles. The predicted octanol–water partition coefficient (Wildman–Crippen LogP) is 2.24. The van der Waals surface area contributed by atoms with Crippen LogP contribution in [0, 0.1) is 13.8 Å². The zero-order valence-electron chi connectivity index (χ0n) is 9.52. The summed E-state index contributed by atoms with van der Waals surface area (Å²) in [5.74, 6) is -0.212. The monoisotopic (exact) mass is 232 g/mol. The van der Waals surface area contributed by atoms with Crippen molar-refractivity contribution < 1.29 is 14.4 Å². The number of rotatable bonds is 2. The Morgan fingerprint density at radius 3 is 2.53 bits per heavy atom. The molecule has 0 atom stereocenters. The number of hydrogen-bond acceptors (Lipinski definition) is 4. The first-order valence-corrected chi connectivity index (χ1v) is 5.06. The van der Waals surface area contributed by atoms with Crippen LogP contribution in [0.2, 0.25) is 0 Å². The summed E-state index contributed by atoms with van der Waals surface area (Å²) in [6.07, 6.45) is 0. The number of nitrogens with two attached hydrogens (primary N) is 1. The third kappa shape index (κ3) is 1.99. The maximum absolute atomic E-state index is 11.1. The third-order valence-electron chi connectivity index (χ3n) is 2.60. The Kier molecular flexibility index (Phi) is 2.59. The first-order chi connectivity index (χ1) is 7.99. The summed E-state index contributed by atoms with van der Waals surface area (Å²) in [5.41, 5.74) is 8.05. The molecule has 2 aromatic rings. The van der Waals surface area contributed by atoms with E-state index in [0.717, 1.165) is 5.56 Å². The molecule has 2 rings (SSSR count). The Hall–Kier alpha value is -2.30. The minimum Gasteiger partial charge on any atom is -0.478 e. The van der Waals surface area contributed by atoms with E-state index in [4.69, 9.17) is 15.4 Å². The molecule has 5 nitrogen and oxygen atoms in total. The van der Waals surface area contributed by atoms with E-state index in [2.05, 4.69) is 5.16 Å². The minimum atomic E-state index is -0.962. The number of carbonyl (C=O) groups is 1. The fourth-order valence-corrected chi connectivity index (χ4v) is 1.76. The molecule has 0 radical (unpaired) electrons. The number of anilines is 1. The Bertz CT molecular complexity index is 587. The van der Waals surface area contributed by atoms with Gasteiger partial charge in [-0.15, -0.1) is 0 Å². The van der Waals surface area contributed by atoms with Gasteiger partial charge in [-0.3, -0.25) is 0 Å². The molecule has 17 heavy (non-hydrogen) atoms. The van der Waals surface area contributed by atoms with Gasteiger partial charge in [0.2, 0.25) is 0 Å². The van der Waals surface area contributed by atoms with Crippen molar-refractivity contribution in [3.8, 4) is 11.3 Å². The van der Waals surface area contributed by atoms with Crippen LogP contribution in [-0.4, -0.2) is 16.2 Å². The second-order valence-electron chi connectivity index (χ2n) is 3.90. The van der Waals surface area contributed by atoms with Crippen LogP contribution in [-0.2, 0) is 0 Å². The normalized spacial score (nSPS) is 10.5. The second-order valence-corrected chi connectivity index (χ2v) is 3.90. The van der Waals surface area contributed by atoms with Crippen molar-refractivity contribution in [1.29, 1.82) is 0 Å². The molecule has 1 aromatic heterocycles. The molecule has 88 valence electrons. The van der Waals surface area contributed by atoms with Crippen LogP contribution >= 0.6 is 0 Å². The van der Waals surface area contributed by atoms with Gasteiger partial charge < -0.3 is 15.4 Å². The van der Waals surface area contributed by atoms with Crippen molar-refractivity contribution in [3.05, 3.63) is 34.9 Å². The molecule has 0 amide bonds. The van der Waals surface area contributed by atoms with Crippen molar-refractivity contribution in [2.24, 2.45) is 0 Å². The molecule has 0 unspecified atom stereocenters. The molecule has 0 saturated carbocycles. The lowest BCUT2D eigenvalue weighted by Gasteiger charge is -2.06. The van der Waals surface area contributed by atoms with Crippen LogP contribution in [0.4, 0.5) is 5.82 Å². The Morgan fingerprint density at radius 1 is 1.29 bits per heavy atom. The smallest absolute Gasteiger partial charge is 0.335 e. The van der Waals surface area contributed by atoms with Gasteiger partial charge in [-0.05, 0) is 31.0 Å². The highest BCUT2D eigenvalue weighted by Gasteiger charge is 2.14. The summed E-state index contributed by atoms with van der Waals surface area (Å²) in [5, 5.41) is 12.6.